The van der Waals surface area contributed by atoms with Crippen molar-refractivity contribution in [1.82, 2.24) is 0 Å². The van der Waals surface area contributed by atoms with Crippen molar-refractivity contribution in [3.63, 3.8) is 0 Å². The number of benzene rings is 6. The molecule has 2 nitrogen and oxygen atoms in total. The number of aliphatic imine (C=N–C) groups is 2. The molecule has 3 aliphatic rings. The highest BCUT2D eigenvalue weighted by Crippen LogP contribution is 2.62. The van der Waals surface area contributed by atoms with Gasteiger partial charge in [-0.05, 0) is 81.5 Å². The van der Waals surface area contributed by atoms with E-state index in [1.807, 2.05) is 0 Å². The first-order valence-corrected chi connectivity index (χ1v) is 17.4. The van der Waals surface area contributed by atoms with Crippen molar-refractivity contribution in [2.45, 2.75) is 44.4 Å². The van der Waals surface area contributed by atoms with Gasteiger partial charge in [-0.3, -0.25) is 0 Å². The second-order valence-electron chi connectivity index (χ2n) is 14.1. The molecule has 1 aliphatic heterocycles. The molecule has 0 atom stereocenters. The molecule has 0 bridgehead atoms. The largest absolute Gasteiger partial charge is 0.232 e. The van der Waals surface area contributed by atoms with Crippen LogP contribution in [0.2, 0.25) is 0 Å². The number of rotatable bonds is 3. The van der Waals surface area contributed by atoms with Crippen LogP contribution in [0, 0.1) is 0 Å². The standard InChI is InChI=1S/C47H38N2/c1-31-26-29-43(32-16-6-4-7-17-32)48-45(33-18-8-5-9-19-33)49-44(31)34-27-28-41-42(30-34)46(2,3)39-24-14-15-25-40(39)47(41)37-22-12-10-20-35(37)36-21-11-13-23-38(36)47/h4-25,27-28,30H,26,29H2,1-3H3/b44-31+,48-43?,49-45?. The maximum absolute atomic E-state index is 5.44. The molecule has 0 radical (unpaired) electrons. The van der Waals surface area contributed by atoms with Gasteiger partial charge in [-0.1, -0.05) is 159 Å². The van der Waals surface area contributed by atoms with Gasteiger partial charge in [0.1, 0.15) is 0 Å². The van der Waals surface area contributed by atoms with Crippen molar-refractivity contribution >= 4 is 17.2 Å². The molecule has 1 heterocycles. The lowest BCUT2D eigenvalue weighted by atomic mass is 9.55. The Bertz CT molecular complexity index is 2310. The highest BCUT2D eigenvalue weighted by molar-refractivity contribution is 6.14. The fraction of sp³-hybridized carbons (Fsp3) is 0.149. The Hall–Kier alpha value is -5.60. The lowest BCUT2D eigenvalue weighted by molar-refractivity contribution is 0.563. The van der Waals surface area contributed by atoms with Crippen LogP contribution in [0.25, 0.3) is 16.8 Å². The summed E-state index contributed by atoms with van der Waals surface area (Å²) in [5.74, 6) is 0.756. The van der Waals surface area contributed by atoms with E-state index in [0.29, 0.717) is 0 Å². The quantitative estimate of drug-likeness (QED) is 0.186. The summed E-state index contributed by atoms with van der Waals surface area (Å²) in [5.41, 5.74) is 16.9. The van der Waals surface area contributed by atoms with Crippen LogP contribution in [-0.4, -0.2) is 11.5 Å². The van der Waals surface area contributed by atoms with Crippen LogP contribution in [0.15, 0.2) is 167 Å². The number of amidine groups is 1. The highest BCUT2D eigenvalue weighted by Gasteiger charge is 2.53. The first-order chi connectivity index (χ1) is 24.0. The number of hydrogen-bond donors (Lipinski definition) is 0. The Labute approximate surface area is 289 Å². The molecule has 2 aliphatic carbocycles. The van der Waals surface area contributed by atoms with Crippen LogP contribution in [0.4, 0.5) is 0 Å². The summed E-state index contributed by atoms with van der Waals surface area (Å²) in [4.78, 5) is 10.7. The number of nitrogens with zero attached hydrogens (tertiary/aromatic N) is 2. The van der Waals surface area contributed by atoms with Gasteiger partial charge in [-0.2, -0.15) is 0 Å². The van der Waals surface area contributed by atoms with Gasteiger partial charge in [-0.15, -0.1) is 0 Å². The molecule has 2 heteroatoms. The molecule has 6 aromatic carbocycles. The van der Waals surface area contributed by atoms with Gasteiger partial charge in [0.05, 0.1) is 16.8 Å². The molecule has 0 N–H and O–H groups in total. The number of hydrogen-bond acceptors (Lipinski definition) is 2. The molecule has 0 saturated heterocycles. The zero-order valence-electron chi connectivity index (χ0n) is 28.2. The molecule has 9 rings (SSSR count). The summed E-state index contributed by atoms with van der Waals surface area (Å²) in [6, 6.07) is 55.3. The molecule has 6 aromatic rings. The van der Waals surface area contributed by atoms with E-state index in [2.05, 4.69) is 172 Å². The Kier molecular flexibility index (Phi) is 6.78. The van der Waals surface area contributed by atoms with Crippen molar-refractivity contribution in [3.05, 3.63) is 207 Å². The van der Waals surface area contributed by atoms with E-state index in [9.17, 15) is 0 Å². The van der Waals surface area contributed by atoms with Gasteiger partial charge in [0.25, 0.3) is 0 Å². The van der Waals surface area contributed by atoms with Crippen LogP contribution in [0.1, 0.15) is 83.7 Å². The predicted molar refractivity (Wildman–Crippen MR) is 204 cm³/mol. The highest BCUT2D eigenvalue weighted by atomic mass is 14.9. The summed E-state index contributed by atoms with van der Waals surface area (Å²) in [7, 11) is 0. The smallest absolute Gasteiger partial charge is 0.160 e. The van der Waals surface area contributed by atoms with E-state index >= 15 is 0 Å². The van der Waals surface area contributed by atoms with Gasteiger partial charge >= 0.3 is 0 Å². The first-order valence-electron chi connectivity index (χ1n) is 17.4. The maximum atomic E-state index is 5.44. The molecule has 0 saturated carbocycles. The molecule has 1 spiro atoms. The molecule has 49 heavy (non-hydrogen) atoms. The van der Waals surface area contributed by atoms with Crippen LogP contribution >= 0.6 is 0 Å². The van der Waals surface area contributed by atoms with E-state index < -0.39 is 5.41 Å². The Morgan fingerprint density at radius 3 is 1.63 bits per heavy atom. The van der Waals surface area contributed by atoms with Gasteiger partial charge in [-0.25, -0.2) is 9.98 Å². The Morgan fingerprint density at radius 2 is 0.980 bits per heavy atom. The molecule has 0 aromatic heterocycles. The summed E-state index contributed by atoms with van der Waals surface area (Å²) < 4.78 is 0. The molecule has 0 fully saturated rings. The van der Waals surface area contributed by atoms with Crippen LogP contribution in [0.5, 0.6) is 0 Å². The summed E-state index contributed by atoms with van der Waals surface area (Å²) >= 11 is 0. The topological polar surface area (TPSA) is 24.7 Å². The lowest BCUT2D eigenvalue weighted by Gasteiger charge is -2.46. The van der Waals surface area contributed by atoms with Crippen molar-refractivity contribution in [2.24, 2.45) is 9.98 Å². The Morgan fingerprint density at radius 1 is 0.449 bits per heavy atom. The number of allylic oxidation sites excluding steroid dienone is 1. The van der Waals surface area contributed by atoms with E-state index in [1.165, 1.54) is 50.1 Å². The third-order valence-electron chi connectivity index (χ3n) is 11.1. The summed E-state index contributed by atoms with van der Waals surface area (Å²) in [6.07, 6.45) is 1.74. The minimum atomic E-state index is -0.398. The Balaban J connectivity index is 1.29. The molecule has 0 unspecified atom stereocenters. The fourth-order valence-electron chi connectivity index (χ4n) is 8.70. The average molecular weight is 631 g/mol. The fourth-order valence-corrected chi connectivity index (χ4v) is 8.70. The van der Waals surface area contributed by atoms with Crippen LogP contribution in [0.3, 0.4) is 0 Å². The minimum absolute atomic E-state index is 0.222. The van der Waals surface area contributed by atoms with Crippen molar-refractivity contribution < 1.29 is 0 Å². The molecular formula is C47H38N2. The third kappa shape index (κ3) is 4.40. The van der Waals surface area contributed by atoms with Gasteiger partial charge in [0.2, 0.25) is 0 Å². The predicted octanol–water partition coefficient (Wildman–Crippen LogP) is 11.1. The van der Waals surface area contributed by atoms with Crippen molar-refractivity contribution in [1.29, 1.82) is 0 Å². The van der Waals surface area contributed by atoms with E-state index in [0.717, 1.165) is 46.8 Å². The van der Waals surface area contributed by atoms with Crippen LogP contribution < -0.4 is 0 Å². The average Bonchev–Trinajstić information content (AvgIpc) is 3.44. The van der Waals surface area contributed by atoms with Gasteiger partial charge in [0, 0.05) is 16.5 Å². The van der Waals surface area contributed by atoms with Gasteiger partial charge in [0.15, 0.2) is 5.84 Å². The second kappa shape index (κ2) is 11.2. The first kappa shape index (κ1) is 29.5. The van der Waals surface area contributed by atoms with Crippen molar-refractivity contribution in [3.8, 4) is 11.1 Å². The zero-order chi connectivity index (χ0) is 33.2. The van der Waals surface area contributed by atoms with Crippen LogP contribution in [-0.2, 0) is 10.8 Å². The molecular weight excluding hydrogens is 593 g/mol. The van der Waals surface area contributed by atoms with Gasteiger partial charge < -0.3 is 0 Å². The SMILES string of the molecule is C/C1=C(/c2ccc3c(c2)C(C)(C)c2ccccc2C32c3ccccc3-c3ccccc32)N=C(c2ccccc2)N=C(c2ccccc2)CC1. The minimum Gasteiger partial charge on any atom is -0.232 e. The summed E-state index contributed by atoms with van der Waals surface area (Å²) in [6.45, 7) is 7.03. The number of fused-ring (bicyclic) bond motifs is 9. The summed E-state index contributed by atoms with van der Waals surface area (Å²) in [5, 5.41) is 0. The van der Waals surface area contributed by atoms with Crippen molar-refractivity contribution in [2.75, 3.05) is 0 Å². The lowest BCUT2D eigenvalue weighted by Crippen LogP contribution is -2.40. The maximum Gasteiger partial charge on any atom is 0.160 e. The normalized spacial score (nSPS) is 18.3. The van der Waals surface area contributed by atoms with E-state index in [-0.39, 0.29) is 5.41 Å². The third-order valence-corrected chi connectivity index (χ3v) is 11.1. The van der Waals surface area contributed by atoms with E-state index in [1.54, 1.807) is 0 Å². The molecule has 236 valence electrons. The zero-order valence-corrected chi connectivity index (χ0v) is 28.2. The second-order valence-corrected chi connectivity index (χ2v) is 14.1. The monoisotopic (exact) mass is 630 g/mol. The molecule has 0 amide bonds. The van der Waals surface area contributed by atoms with E-state index in [4.69, 9.17) is 9.98 Å².